The molecule has 0 aromatic carbocycles. The van der Waals surface area contributed by atoms with Crippen molar-refractivity contribution in [3.63, 3.8) is 0 Å². The minimum Gasteiger partial charge on any atom is -0.421 e. The van der Waals surface area contributed by atoms with Gasteiger partial charge in [-0.05, 0) is 19.6 Å². The van der Waals surface area contributed by atoms with Gasteiger partial charge in [-0.25, -0.2) is 0 Å². The normalized spacial score (nSPS) is 9.43. The molecule has 0 aromatic heterocycles. The lowest BCUT2D eigenvalue weighted by Crippen LogP contribution is -2.10. The van der Waals surface area contributed by atoms with Crippen molar-refractivity contribution in [2.45, 2.75) is 6.04 Å². The van der Waals surface area contributed by atoms with Crippen LogP contribution in [0.25, 0.3) is 0 Å². The fraction of sp³-hybridized carbons (Fsp3) is 1.00. The van der Waals surface area contributed by atoms with Crippen LogP contribution in [0.5, 0.6) is 0 Å². The maximum absolute atomic E-state index is 4.83. The summed E-state index contributed by atoms with van der Waals surface area (Å²) >= 11 is 0. The molecule has 0 heterocycles. The third kappa shape index (κ3) is 6.14. The van der Waals surface area contributed by atoms with Crippen LogP contribution in [0.4, 0.5) is 0 Å². The average molecular weight is 117 g/mol. The van der Waals surface area contributed by atoms with E-state index in [1.54, 1.807) is 7.11 Å². The highest BCUT2D eigenvalue weighted by Crippen LogP contribution is 1.71. The molecular formula is C4H11NOSi. The van der Waals surface area contributed by atoms with Gasteiger partial charge in [-0.15, -0.1) is 0 Å². The summed E-state index contributed by atoms with van der Waals surface area (Å²) in [5, 5.41) is 3.03. The molecule has 3 heteroatoms. The van der Waals surface area contributed by atoms with Crippen molar-refractivity contribution in [1.82, 2.24) is 5.32 Å². The summed E-state index contributed by atoms with van der Waals surface area (Å²) in [7, 11) is 4.33. The molecule has 0 aliphatic rings. The predicted molar refractivity (Wildman–Crippen MR) is 31.5 cm³/mol. The largest absolute Gasteiger partial charge is 0.421 e. The lowest BCUT2D eigenvalue weighted by molar-refractivity contribution is 0.440. The second kappa shape index (κ2) is 6.14. The molecule has 0 aromatic rings. The average Bonchev–Trinajstić information content (AvgIpc) is 1.69. The van der Waals surface area contributed by atoms with Crippen LogP contribution in [0.1, 0.15) is 0 Å². The first-order valence-electron chi connectivity index (χ1n) is 2.32. The zero-order valence-corrected chi connectivity index (χ0v) is 5.82. The van der Waals surface area contributed by atoms with Crippen molar-refractivity contribution in [2.75, 3.05) is 20.7 Å². The molecule has 0 atom stereocenters. The van der Waals surface area contributed by atoms with E-state index in [4.69, 9.17) is 4.43 Å². The first-order chi connectivity index (χ1) is 3.41. The molecular weight excluding hydrogens is 106 g/mol. The molecule has 0 fully saturated rings. The van der Waals surface area contributed by atoms with E-state index in [1.807, 2.05) is 7.05 Å². The summed E-state index contributed by atoms with van der Waals surface area (Å²) in [5.41, 5.74) is 0. The Balaban J connectivity index is 2.45. The van der Waals surface area contributed by atoms with Gasteiger partial charge in [0.25, 0.3) is 0 Å². The Kier molecular flexibility index (Phi) is 6.26. The van der Waals surface area contributed by atoms with Crippen molar-refractivity contribution in [3.8, 4) is 0 Å². The van der Waals surface area contributed by atoms with E-state index in [0.717, 1.165) is 12.6 Å². The van der Waals surface area contributed by atoms with Gasteiger partial charge in [0.1, 0.15) is 0 Å². The van der Waals surface area contributed by atoms with Crippen molar-refractivity contribution >= 4 is 9.76 Å². The molecule has 42 valence electrons. The van der Waals surface area contributed by atoms with E-state index in [1.165, 1.54) is 0 Å². The number of rotatable bonds is 4. The van der Waals surface area contributed by atoms with Gasteiger partial charge in [-0.3, -0.25) is 0 Å². The fourth-order valence-electron chi connectivity index (χ4n) is 0.278. The second-order valence-electron chi connectivity index (χ2n) is 1.20. The van der Waals surface area contributed by atoms with Gasteiger partial charge < -0.3 is 9.74 Å². The highest BCUT2D eigenvalue weighted by molar-refractivity contribution is 6.27. The molecule has 0 aliphatic heterocycles. The minimum absolute atomic E-state index is 0.659. The van der Waals surface area contributed by atoms with Crippen LogP contribution in [0.2, 0.25) is 6.04 Å². The van der Waals surface area contributed by atoms with Gasteiger partial charge >= 0.3 is 0 Å². The summed E-state index contributed by atoms with van der Waals surface area (Å²) in [6.45, 7) is 1.06. The van der Waals surface area contributed by atoms with Crippen molar-refractivity contribution in [3.05, 3.63) is 0 Å². The third-order valence-corrected chi connectivity index (χ3v) is 1.36. The molecule has 7 heavy (non-hydrogen) atoms. The van der Waals surface area contributed by atoms with Gasteiger partial charge in [-0.2, -0.15) is 0 Å². The van der Waals surface area contributed by atoms with Crippen LogP contribution in [0.15, 0.2) is 0 Å². The molecule has 2 radical (unpaired) electrons. The van der Waals surface area contributed by atoms with E-state index < -0.39 is 0 Å². The summed E-state index contributed by atoms with van der Waals surface area (Å²) in [5.74, 6) is 0. The standard InChI is InChI=1S/C4H11NOSi/c1-5-3-4-7-6-2/h5H,3-4H2,1-2H3. The highest BCUT2D eigenvalue weighted by Gasteiger charge is 1.82. The van der Waals surface area contributed by atoms with Crippen LogP contribution in [0, 0.1) is 0 Å². The smallest absolute Gasteiger partial charge is 0.230 e. The van der Waals surface area contributed by atoms with Gasteiger partial charge in [0.2, 0.25) is 9.76 Å². The summed E-state index contributed by atoms with van der Waals surface area (Å²) in [4.78, 5) is 0. The monoisotopic (exact) mass is 117 g/mol. The molecule has 0 rings (SSSR count). The Morgan fingerprint density at radius 1 is 1.71 bits per heavy atom. The Morgan fingerprint density at radius 3 is 2.86 bits per heavy atom. The van der Waals surface area contributed by atoms with E-state index in [0.29, 0.717) is 9.76 Å². The summed E-state index contributed by atoms with van der Waals surface area (Å²) in [6.07, 6.45) is 0. The predicted octanol–water partition coefficient (Wildman–Crippen LogP) is -0.110. The Morgan fingerprint density at radius 2 is 2.43 bits per heavy atom. The molecule has 0 saturated heterocycles. The van der Waals surface area contributed by atoms with Gasteiger partial charge in [0.05, 0.1) is 0 Å². The van der Waals surface area contributed by atoms with Crippen LogP contribution in [-0.2, 0) is 4.43 Å². The molecule has 0 spiro atoms. The second-order valence-corrected chi connectivity index (χ2v) is 2.40. The van der Waals surface area contributed by atoms with E-state index in [2.05, 4.69) is 5.32 Å². The van der Waals surface area contributed by atoms with Crippen LogP contribution >= 0.6 is 0 Å². The molecule has 0 unspecified atom stereocenters. The van der Waals surface area contributed by atoms with Crippen LogP contribution < -0.4 is 5.32 Å². The Labute approximate surface area is 47.2 Å². The van der Waals surface area contributed by atoms with Gasteiger partial charge in [0, 0.05) is 7.11 Å². The number of hydrogen-bond donors (Lipinski definition) is 1. The van der Waals surface area contributed by atoms with E-state index in [9.17, 15) is 0 Å². The van der Waals surface area contributed by atoms with Crippen molar-refractivity contribution < 1.29 is 4.43 Å². The molecule has 1 N–H and O–H groups in total. The topological polar surface area (TPSA) is 21.3 Å². The number of hydrogen-bond acceptors (Lipinski definition) is 2. The zero-order chi connectivity index (χ0) is 5.54. The maximum Gasteiger partial charge on any atom is 0.230 e. The van der Waals surface area contributed by atoms with E-state index >= 15 is 0 Å². The Hall–Kier alpha value is 0.137. The third-order valence-electron chi connectivity index (χ3n) is 0.621. The van der Waals surface area contributed by atoms with Gasteiger partial charge in [-0.1, -0.05) is 0 Å². The zero-order valence-electron chi connectivity index (χ0n) is 4.82. The van der Waals surface area contributed by atoms with Crippen molar-refractivity contribution in [2.24, 2.45) is 0 Å². The molecule has 0 amide bonds. The number of nitrogens with one attached hydrogen (secondary N) is 1. The summed E-state index contributed by atoms with van der Waals surface area (Å²) in [6, 6.07) is 1.13. The van der Waals surface area contributed by atoms with Crippen molar-refractivity contribution in [1.29, 1.82) is 0 Å². The van der Waals surface area contributed by atoms with E-state index in [-0.39, 0.29) is 0 Å². The Bertz CT molecular complexity index is 30.9. The lowest BCUT2D eigenvalue weighted by atomic mass is 10.8. The first-order valence-corrected chi connectivity index (χ1v) is 3.43. The minimum atomic E-state index is 0.659. The fourth-order valence-corrected chi connectivity index (χ4v) is 0.834. The quantitative estimate of drug-likeness (QED) is 0.410. The van der Waals surface area contributed by atoms with Crippen LogP contribution in [0.3, 0.4) is 0 Å². The SMILES string of the molecule is CNCC[Si]OC. The molecule has 0 saturated carbocycles. The van der Waals surface area contributed by atoms with Gasteiger partial charge in [0.15, 0.2) is 0 Å². The molecule has 2 nitrogen and oxygen atoms in total. The first kappa shape index (κ1) is 7.14. The molecule has 0 aliphatic carbocycles. The highest BCUT2D eigenvalue weighted by atomic mass is 28.2. The summed E-state index contributed by atoms with van der Waals surface area (Å²) < 4.78 is 4.83. The van der Waals surface area contributed by atoms with Crippen LogP contribution in [-0.4, -0.2) is 30.5 Å². The maximum atomic E-state index is 4.83. The molecule has 0 bridgehead atoms. The lowest BCUT2D eigenvalue weighted by Gasteiger charge is -1.92.